The molecule has 2 aromatic carbocycles. The Morgan fingerprint density at radius 3 is 2.41 bits per heavy atom. The molecule has 1 unspecified atom stereocenters. The van der Waals surface area contributed by atoms with Gasteiger partial charge in [-0.15, -0.1) is 0 Å². The zero-order chi connectivity index (χ0) is 22.7. The van der Waals surface area contributed by atoms with Crippen LogP contribution in [0.15, 0.2) is 53.7 Å². The Morgan fingerprint density at radius 2 is 1.75 bits per heavy atom. The van der Waals surface area contributed by atoms with Crippen LogP contribution in [0.2, 0.25) is 0 Å². The van der Waals surface area contributed by atoms with E-state index in [0.29, 0.717) is 43.6 Å². The molecule has 0 spiro atoms. The molecule has 2 saturated heterocycles. The van der Waals surface area contributed by atoms with Crippen LogP contribution in [-0.4, -0.2) is 71.3 Å². The van der Waals surface area contributed by atoms with Crippen molar-refractivity contribution >= 4 is 17.5 Å². The highest BCUT2D eigenvalue weighted by molar-refractivity contribution is 6.05. The summed E-state index contributed by atoms with van der Waals surface area (Å²) in [6, 6.07) is 15.0. The minimum atomic E-state index is -0.609. The SMILES string of the molecule is CON=C1CC(C(=O)N2CCC(O)CC2)N(C(=O)c2ccc(-c3ccccc3C)cc2)C1. The number of aryl methyl sites for hydroxylation is 1. The van der Waals surface area contributed by atoms with Crippen LogP contribution in [0.5, 0.6) is 0 Å². The summed E-state index contributed by atoms with van der Waals surface area (Å²) < 4.78 is 0. The first-order chi connectivity index (χ1) is 15.5. The predicted molar refractivity (Wildman–Crippen MR) is 122 cm³/mol. The average molecular weight is 436 g/mol. The first-order valence-electron chi connectivity index (χ1n) is 11.0. The Kier molecular flexibility index (Phi) is 6.55. The lowest BCUT2D eigenvalue weighted by Crippen LogP contribution is -2.50. The van der Waals surface area contributed by atoms with Crippen LogP contribution in [0, 0.1) is 6.92 Å². The van der Waals surface area contributed by atoms with Gasteiger partial charge < -0.3 is 19.7 Å². The maximum absolute atomic E-state index is 13.4. The first-order valence-corrected chi connectivity index (χ1v) is 11.0. The normalized spacial score (nSPS) is 20.6. The van der Waals surface area contributed by atoms with Crippen LogP contribution in [0.3, 0.4) is 0 Å². The number of oxime groups is 1. The van der Waals surface area contributed by atoms with Gasteiger partial charge in [0.05, 0.1) is 18.4 Å². The fraction of sp³-hybridized carbons (Fsp3) is 0.400. The van der Waals surface area contributed by atoms with Gasteiger partial charge in [-0.3, -0.25) is 9.59 Å². The summed E-state index contributed by atoms with van der Waals surface area (Å²) in [5.74, 6) is -0.291. The van der Waals surface area contributed by atoms with E-state index in [0.717, 1.165) is 11.1 Å². The first kappa shape index (κ1) is 22.0. The Bertz CT molecular complexity index is 1010. The van der Waals surface area contributed by atoms with E-state index >= 15 is 0 Å². The van der Waals surface area contributed by atoms with Crippen molar-refractivity contribution in [2.45, 2.75) is 38.3 Å². The molecule has 4 rings (SSSR count). The summed E-state index contributed by atoms with van der Waals surface area (Å²) in [4.78, 5) is 34.9. The van der Waals surface area contributed by atoms with Crippen molar-refractivity contribution in [2.24, 2.45) is 5.16 Å². The zero-order valence-corrected chi connectivity index (χ0v) is 18.5. The number of piperidine rings is 1. The molecule has 0 saturated carbocycles. The summed E-state index contributed by atoms with van der Waals surface area (Å²) >= 11 is 0. The van der Waals surface area contributed by atoms with Crippen LogP contribution in [-0.2, 0) is 9.63 Å². The lowest BCUT2D eigenvalue weighted by atomic mass is 9.99. The topological polar surface area (TPSA) is 82.4 Å². The molecule has 2 heterocycles. The smallest absolute Gasteiger partial charge is 0.254 e. The molecule has 2 aliphatic heterocycles. The summed E-state index contributed by atoms with van der Waals surface area (Å²) in [5, 5.41) is 13.8. The monoisotopic (exact) mass is 435 g/mol. The maximum atomic E-state index is 13.4. The second-order valence-electron chi connectivity index (χ2n) is 8.44. The van der Waals surface area contributed by atoms with Crippen LogP contribution in [0.25, 0.3) is 11.1 Å². The number of nitrogens with zero attached hydrogens (tertiary/aromatic N) is 3. The number of amides is 2. The van der Waals surface area contributed by atoms with Crippen molar-refractivity contribution in [1.29, 1.82) is 0 Å². The number of benzene rings is 2. The molecule has 0 bridgehead atoms. The highest BCUT2D eigenvalue weighted by Crippen LogP contribution is 2.26. The van der Waals surface area contributed by atoms with E-state index in [9.17, 15) is 14.7 Å². The quantitative estimate of drug-likeness (QED) is 0.749. The largest absolute Gasteiger partial charge is 0.399 e. The molecule has 0 radical (unpaired) electrons. The van der Waals surface area contributed by atoms with E-state index in [-0.39, 0.29) is 24.5 Å². The molecule has 7 heteroatoms. The highest BCUT2D eigenvalue weighted by Gasteiger charge is 2.41. The molecule has 32 heavy (non-hydrogen) atoms. The van der Waals surface area contributed by atoms with Crippen LogP contribution >= 0.6 is 0 Å². The molecule has 2 fully saturated rings. The molecule has 1 atom stereocenters. The van der Waals surface area contributed by atoms with Gasteiger partial charge in [0.2, 0.25) is 5.91 Å². The van der Waals surface area contributed by atoms with Gasteiger partial charge in [0.25, 0.3) is 5.91 Å². The molecule has 2 aromatic rings. The number of rotatable bonds is 4. The number of hydrogen-bond donors (Lipinski definition) is 1. The van der Waals surface area contributed by atoms with Gasteiger partial charge in [-0.1, -0.05) is 41.6 Å². The fourth-order valence-electron chi connectivity index (χ4n) is 4.49. The molecule has 1 N–H and O–H groups in total. The Labute approximate surface area is 188 Å². The Balaban J connectivity index is 1.55. The number of carbonyl (C=O) groups excluding carboxylic acids is 2. The van der Waals surface area contributed by atoms with Gasteiger partial charge in [-0.05, 0) is 48.6 Å². The van der Waals surface area contributed by atoms with E-state index in [1.54, 1.807) is 9.80 Å². The predicted octanol–water partition coefficient (Wildman–Crippen LogP) is 2.86. The number of carbonyl (C=O) groups is 2. The molecule has 7 nitrogen and oxygen atoms in total. The van der Waals surface area contributed by atoms with E-state index in [2.05, 4.69) is 24.2 Å². The van der Waals surface area contributed by atoms with Gasteiger partial charge in [0.1, 0.15) is 13.2 Å². The molecule has 168 valence electrons. The lowest BCUT2D eigenvalue weighted by molar-refractivity contribution is -0.137. The van der Waals surface area contributed by atoms with Crippen LogP contribution in [0.4, 0.5) is 0 Å². The average Bonchev–Trinajstić information content (AvgIpc) is 3.23. The van der Waals surface area contributed by atoms with Crippen LogP contribution < -0.4 is 0 Å². The number of likely N-dealkylation sites (tertiary alicyclic amines) is 2. The lowest BCUT2D eigenvalue weighted by Gasteiger charge is -2.33. The van der Waals surface area contributed by atoms with Crippen LogP contribution in [0.1, 0.15) is 35.2 Å². The third-order valence-electron chi connectivity index (χ3n) is 6.29. The molecular formula is C25H29N3O4. The molecule has 2 aliphatic rings. The molecule has 0 aromatic heterocycles. The summed E-state index contributed by atoms with van der Waals surface area (Å²) in [5.41, 5.74) is 4.55. The summed E-state index contributed by atoms with van der Waals surface area (Å²) in [6.45, 7) is 3.32. The van der Waals surface area contributed by atoms with Crippen molar-refractivity contribution in [3.63, 3.8) is 0 Å². The minimum Gasteiger partial charge on any atom is -0.399 e. The van der Waals surface area contributed by atoms with E-state index in [1.807, 2.05) is 36.4 Å². The Morgan fingerprint density at radius 1 is 1.06 bits per heavy atom. The second-order valence-corrected chi connectivity index (χ2v) is 8.44. The van der Waals surface area contributed by atoms with Crippen molar-refractivity contribution in [3.05, 3.63) is 59.7 Å². The summed E-state index contributed by atoms with van der Waals surface area (Å²) in [7, 11) is 1.46. The fourth-order valence-corrected chi connectivity index (χ4v) is 4.49. The van der Waals surface area contributed by atoms with Crippen molar-refractivity contribution in [2.75, 3.05) is 26.7 Å². The summed E-state index contributed by atoms with van der Waals surface area (Å²) in [6.07, 6.45) is 1.12. The number of aliphatic hydroxyl groups excluding tert-OH is 1. The van der Waals surface area contributed by atoms with Gasteiger partial charge in [0.15, 0.2) is 0 Å². The zero-order valence-electron chi connectivity index (χ0n) is 18.5. The number of hydrogen-bond acceptors (Lipinski definition) is 5. The van der Waals surface area contributed by atoms with Gasteiger partial charge in [-0.2, -0.15) is 0 Å². The van der Waals surface area contributed by atoms with E-state index in [1.165, 1.54) is 12.7 Å². The van der Waals surface area contributed by atoms with Gasteiger partial charge in [-0.25, -0.2) is 0 Å². The number of aliphatic hydroxyl groups is 1. The molecule has 2 amide bonds. The van der Waals surface area contributed by atoms with Gasteiger partial charge in [0, 0.05) is 25.1 Å². The van der Waals surface area contributed by atoms with Crippen molar-refractivity contribution in [3.8, 4) is 11.1 Å². The third-order valence-corrected chi connectivity index (χ3v) is 6.29. The second kappa shape index (κ2) is 9.53. The van der Waals surface area contributed by atoms with E-state index in [4.69, 9.17) is 4.84 Å². The third kappa shape index (κ3) is 4.53. The maximum Gasteiger partial charge on any atom is 0.254 e. The van der Waals surface area contributed by atoms with E-state index < -0.39 is 6.04 Å². The Hall–Kier alpha value is -3.19. The van der Waals surface area contributed by atoms with Crippen molar-refractivity contribution < 1.29 is 19.5 Å². The molecule has 0 aliphatic carbocycles. The highest BCUT2D eigenvalue weighted by atomic mass is 16.6. The minimum absolute atomic E-state index is 0.0944. The van der Waals surface area contributed by atoms with Gasteiger partial charge >= 0.3 is 0 Å². The van der Waals surface area contributed by atoms with Crippen molar-refractivity contribution in [1.82, 2.24) is 9.80 Å². The standard InChI is InChI=1S/C25H29N3O4/c1-17-5-3-4-6-22(17)18-7-9-19(10-8-18)24(30)28-16-20(26-32-2)15-23(28)25(31)27-13-11-21(29)12-14-27/h3-10,21,23,29H,11-16H2,1-2H3. The molecular weight excluding hydrogens is 406 g/mol.